The number of hydrogen-bond acceptors (Lipinski definition) is 4. The number of nitrogens with two attached hydrogens (primary N) is 1. The largest absolute Gasteiger partial charge is 0.326 e. The number of benzene rings is 3. The molecule has 0 heterocycles. The maximum Gasteiger partial charge on any atom is 0.262 e. The number of nitrogens with one attached hydrogen (secondary N) is 2. The van der Waals surface area contributed by atoms with E-state index in [9.17, 15) is 22.0 Å². The van der Waals surface area contributed by atoms with Crippen molar-refractivity contribution in [3.05, 3.63) is 87.9 Å². The highest BCUT2D eigenvalue weighted by molar-refractivity contribution is 7.92. The molecule has 162 valence electrons. The van der Waals surface area contributed by atoms with Crippen LogP contribution in [0.5, 0.6) is 0 Å². The molecule has 0 saturated heterocycles. The molecule has 3 aromatic rings. The highest BCUT2D eigenvalue weighted by atomic mass is 35.5. The van der Waals surface area contributed by atoms with Gasteiger partial charge in [0.15, 0.2) is 0 Å². The van der Waals surface area contributed by atoms with Crippen LogP contribution >= 0.6 is 11.6 Å². The Balaban J connectivity index is 1.94. The summed E-state index contributed by atoms with van der Waals surface area (Å²) in [4.78, 5) is 12.2. The van der Waals surface area contributed by atoms with Crippen LogP contribution in [0.3, 0.4) is 0 Å². The van der Waals surface area contributed by atoms with Crippen molar-refractivity contribution in [2.75, 3.05) is 10.0 Å². The van der Waals surface area contributed by atoms with Crippen LogP contribution in [0.2, 0.25) is 5.02 Å². The molecule has 6 nitrogen and oxygen atoms in total. The van der Waals surface area contributed by atoms with Crippen LogP contribution in [-0.2, 0) is 16.6 Å². The summed E-state index contributed by atoms with van der Waals surface area (Å²) in [6.45, 7) is 1.53. The Morgan fingerprint density at radius 1 is 1.10 bits per heavy atom. The topological polar surface area (TPSA) is 101 Å². The minimum atomic E-state index is -4.15. The van der Waals surface area contributed by atoms with E-state index in [-0.39, 0.29) is 33.4 Å². The smallest absolute Gasteiger partial charge is 0.262 e. The predicted octanol–water partition coefficient (Wildman–Crippen LogP) is 4.44. The molecular weight excluding hydrogens is 448 g/mol. The summed E-state index contributed by atoms with van der Waals surface area (Å²) in [5.41, 5.74) is 6.39. The highest BCUT2D eigenvalue weighted by Crippen LogP contribution is 2.27. The number of carbonyl (C=O) groups is 1. The minimum Gasteiger partial charge on any atom is -0.326 e. The molecule has 3 aromatic carbocycles. The molecule has 0 aliphatic carbocycles. The zero-order valence-corrected chi connectivity index (χ0v) is 17.8. The Labute approximate surface area is 183 Å². The third-order valence-corrected chi connectivity index (χ3v) is 6.28. The molecule has 0 aliphatic rings. The van der Waals surface area contributed by atoms with E-state index in [0.29, 0.717) is 11.1 Å². The number of carbonyl (C=O) groups excluding carboxylic acids is 1. The second kappa shape index (κ2) is 9.01. The number of amides is 1. The van der Waals surface area contributed by atoms with Gasteiger partial charge in [0.2, 0.25) is 0 Å². The number of rotatable bonds is 6. The number of sulfonamides is 1. The molecule has 0 aromatic heterocycles. The minimum absolute atomic E-state index is 0.00659. The summed E-state index contributed by atoms with van der Waals surface area (Å²) in [6, 6.07) is 11.6. The van der Waals surface area contributed by atoms with Crippen molar-refractivity contribution >= 4 is 38.9 Å². The van der Waals surface area contributed by atoms with E-state index >= 15 is 0 Å². The molecule has 31 heavy (non-hydrogen) atoms. The van der Waals surface area contributed by atoms with Gasteiger partial charge in [0.1, 0.15) is 11.6 Å². The Kier molecular flexibility index (Phi) is 6.59. The lowest BCUT2D eigenvalue weighted by Gasteiger charge is -2.15. The molecule has 0 atom stereocenters. The van der Waals surface area contributed by atoms with Crippen LogP contribution in [0.15, 0.2) is 59.5 Å². The summed E-state index contributed by atoms with van der Waals surface area (Å²) in [7, 11) is -4.15. The second-order valence-corrected chi connectivity index (χ2v) is 8.70. The Morgan fingerprint density at radius 2 is 1.84 bits per heavy atom. The fraction of sp³-hybridized carbons (Fsp3) is 0.0952. The molecule has 1 amide bonds. The van der Waals surface area contributed by atoms with Gasteiger partial charge in [0, 0.05) is 12.2 Å². The zero-order valence-electron chi connectivity index (χ0n) is 16.2. The van der Waals surface area contributed by atoms with E-state index in [2.05, 4.69) is 10.0 Å². The normalized spacial score (nSPS) is 11.3. The SMILES string of the molecule is Cc1ccc(F)cc1S(=O)(=O)Nc1cc(NC(=O)c2c(F)cccc2Cl)ccc1CN. The molecule has 0 fully saturated rings. The molecule has 0 saturated carbocycles. The second-order valence-electron chi connectivity index (χ2n) is 6.64. The zero-order chi connectivity index (χ0) is 22.8. The molecule has 0 bridgehead atoms. The van der Waals surface area contributed by atoms with Crippen molar-refractivity contribution in [3.63, 3.8) is 0 Å². The molecule has 4 N–H and O–H groups in total. The quantitative estimate of drug-likeness (QED) is 0.501. The lowest BCUT2D eigenvalue weighted by atomic mass is 10.1. The van der Waals surface area contributed by atoms with Crippen molar-refractivity contribution in [3.8, 4) is 0 Å². The lowest BCUT2D eigenvalue weighted by Crippen LogP contribution is -2.18. The Morgan fingerprint density at radius 3 is 2.52 bits per heavy atom. The van der Waals surface area contributed by atoms with Crippen LogP contribution in [0.25, 0.3) is 0 Å². The fourth-order valence-electron chi connectivity index (χ4n) is 2.90. The summed E-state index contributed by atoms with van der Waals surface area (Å²) in [5.74, 6) is -2.31. The maximum absolute atomic E-state index is 14.0. The number of aryl methyl sites for hydroxylation is 1. The van der Waals surface area contributed by atoms with Gasteiger partial charge in [-0.2, -0.15) is 0 Å². The number of hydrogen-bond donors (Lipinski definition) is 3. The first kappa shape index (κ1) is 22.7. The van der Waals surface area contributed by atoms with Gasteiger partial charge < -0.3 is 11.1 Å². The van der Waals surface area contributed by atoms with Crippen molar-refractivity contribution in [1.82, 2.24) is 0 Å². The van der Waals surface area contributed by atoms with Gasteiger partial charge in [-0.05, 0) is 54.4 Å². The van der Waals surface area contributed by atoms with E-state index in [4.69, 9.17) is 17.3 Å². The average Bonchev–Trinajstić information content (AvgIpc) is 2.69. The van der Waals surface area contributed by atoms with E-state index in [0.717, 1.165) is 18.2 Å². The first-order valence-electron chi connectivity index (χ1n) is 8.99. The van der Waals surface area contributed by atoms with Crippen molar-refractivity contribution in [2.24, 2.45) is 5.73 Å². The summed E-state index contributed by atoms with van der Waals surface area (Å²) < 4.78 is 55.6. The van der Waals surface area contributed by atoms with E-state index < -0.39 is 27.6 Å². The van der Waals surface area contributed by atoms with Crippen molar-refractivity contribution in [1.29, 1.82) is 0 Å². The standard InChI is InChI=1S/C21H18ClF2N3O3S/c1-12-5-7-14(23)9-19(12)31(29,30)27-18-10-15(8-6-13(18)11-25)26-21(28)20-16(22)3-2-4-17(20)24/h2-10,27H,11,25H2,1H3,(H,26,28). The first-order chi connectivity index (χ1) is 14.6. The van der Waals surface area contributed by atoms with Gasteiger partial charge in [0.25, 0.3) is 15.9 Å². The van der Waals surface area contributed by atoms with Gasteiger partial charge in [-0.15, -0.1) is 0 Å². The molecule has 0 radical (unpaired) electrons. The summed E-state index contributed by atoms with van der Waals surface area (Å²) >= 11 is 5.91. The third kappa shape index (κ3) is 5.01. The third-order valence-electron chi connectivity index (χ3n) is 4.46. The summed E-state index contributed by atoms with van der Waals surface area (Å²) in [6.07, 6.45) is 0. The summed E-state index contributed by atoms with van der Waals surface area (Å²) in [5, 5.41) is 2.41. The Bertz CT molecular complexity index is 1250. The molecule has 0 aliphatic heterocycles. The number of anilines is 2. The van der Waals surface area contributed by atoms with Crippen LogP contribution < -0.4 is 15.8 Å². The van der Waals surface area contributed by atoms with Crippen LogP contribution in [0.1, 0.15) is 21.5 Å². The fourth-order valence-corrected chi connectivity index (χ4v) is 4.50. The van der Waals surface area contributed by atoms with Crippen LogP contribution in [-0.4, -0.2) is 14.3 Å². The van der Waals surface area contributed by atoms with Crippen molar-refractivity contribution < 1.29 is 22.0 Å². The molecule has 10 heteroatoms. The van der Waals surface area contributed by atoms with Gasteiger partial charge in [-0.3, -0.25) is 9.52 Å². The van der Waals surface area contributed by atoms with Gasteiger partial charge >= 0.3 is 0 Å². The highest BCUT2D eigenvalue weighted by Gasteiger charge is 2.20. The maximum atomic E-state index is 14.0. The van der Waals surface area contributed by atoms with E-state index in [1.54, 1.807) is 0 Å². The Hall–Kier alpha value is -3.01. The first-order valence-corrected chi connectivity index (χ1v) is 10.9. The number of halogens is 3. The molecule has 0 spiro atoms. The van der Waals surface area contributed by atoms with Gasteiger partial charge in [-0.25, -0.2) is 17.2 Å². The molecular formula is C21H18ClF2N3O3S. The lowest BCUT2D eigenvalue weighted by molar-refractivity contribution is 0.102. The van der Waals surface area contributed by atoms with E-state index in [1.165, 1.54) is 43.3 Å². The van der Waals surface area contributed by atoms with Crippen LogP contribution in [0, 0.1) is 18.6 Å². The van der Waals surface area contributed by atoms with Crippen molar-refractivity contribution in [2.45, 2.75) is 18.4 Å². The molecule has 3 rings (SSSR count). The molecule has 0 unspecified atom stereocenters. The predicted molar refractivity (Wildman–Crippen MR) is 116 cm³/mol. The van der Waals surface area contributed by atoms with E-state index in [1.807, 2.05) is 0 Å². The van der Waals surface area contributed by atoms with Crippen LogP contribution in [0.4, 0.5) is 20.2 Å². The van der Waals surface area contributed by atoms with Gasteiger partial charge in [-0.1, -0.05) is 29.8 Å². The van der Waals surface area contributed by atoms with Gasteiger partial charge in [0.05, 0.1) is 21.2 Å². The average molecular weight is 466 g/mol. The monoisotopic (exact) mass is 465 g/mol.